The highest BCUT2D eigenvalue weighted by molar-refractivity contribution is 6.25. The molecule has 1 fully saturated rings. The molecule has 10 nitrogen and oxygen atoms in total. The molecule has 0 radical (unpaired) electrons. The number of hydrogen-bond acceptors (Lipinski definition) is 9. The van der Waals surface area contributed by atoms with Gasteiger partial charge in [0, 0.05) is 5.92 Å². The van der Waals surface area contributed by atoms with E-state index in [0.29, 0.717) is 0 Å². The van der Waals surface area contributed by atoms with E-state index in [0.717, 1.165) is 0 Å². The maximum Gasteiger partial charge on any atom is 0.255 e. The zero-order valence-corrected chi connectivity index (χ0v) is 17.2. The number of aromatic hydroxyl groups is 1. The Balaban J connectivity index is 2.08. The Hall–Kier alpha value is -3.47. The standard InChI is InChI=1S/C22H22N2O8/c1-7-8-5-4-6-9(25)11(8)16(26)12-10(7)17(27)14-15(24(2)3)18(28)13(21(23)31)20(30)22(14,32)19(12)29/h4-6,10,14-15,17,25-27,30,32H,1H2,2-3H3,(H2,23,31)/t10-,14-,15+,17?,22+/m1/s1. The summed E-state index contributed by atoms with van der Waals surface area (Å²) in [6, 6.07) is 2.89. The molecule has 0 aromatic heterocycles. The summed E-state index contributed by atoms with van der Waals surface area (Å²) in [7, 11) is 2.88. The molecule has 7 N–H and O–H groups in total. The molecule has 1 aromatic rings. The van der Waals surface area contributed by atoms with Crippen LogP contribution < -0.4 is 5.73 Å². The SMILES string of the molecule is C=C1c2cccc(O)c2C(O)=C2C(=O)[C@]3(O)C(O)=C(C(N)=O)C(=O)[C@@H](N(C)C)[C@@H]3C(O)[C@H]12. The van der Waals surface area contributed by atoms with Gasteiger partial charge in [-0.25, -0.2) is 0 Å². The number of rotatable bonds is 2. The Morgan fingerprint density at radius 3 is 2.38 bits per heavy atom. The Kier molecular flexibility index (Phi) is 4.60. The van der Waals surface area contributed by atoms with Crippen LogP contribution >= 0.6 is 0 Å². The van der Waals surface area contributed by atoms with E-state index in [4.69, 9.17) is 5.73 Å². The third-order valence-electron chi connectivity index (χ3n) is 6.61. The van der Waals surface area contributed by atoms with Crippen LogP contribution in [0, 0.1) is 11.8 Å². The van der Waals surface area contributed by atoms with E-state index in [2.05, 4.69) is 6.58 Å². The first-order valence-electron chi connectivity index (χ1n) is 9.71. The summed E-state index contributed by atoms with van der Waals surface area (Å²) in [5.74, 6) is -8.78. The molecule has 0 heterocycles. The van der Waals surface area contributed by atoms with Crippen molar-refractivity contribution in [2.75, 3.05) is 14.1 Å². The average molecular weight is 442 g/mol. The van der Waals surface area contributed by atoms with Gasteiger partial charge in [0.1, 0.15) is 22.8 Å². The molecule has 1 unspecified atom stereocenters. The zero-order chi connectivity index (χ0) is 23.9. The van der Waals surface area contributed by atoms with Crippen LogP contribution in [0.4, 0.5) is 0 Å². The third kappa shape index (κ3) is 2.42. The van der Waals surface area contributed by atoms with Crippen LogP contribution in [0.5, 0.6) is 5.75 Å². The minimum atomic E-state index is -2.94. The van der Waals surface area contributed by atoms with Gasteiger partial charge in [-0.2, -0.15) is 0 Å². The molecule has 32 heavy (non-hydrogen) atoms. The van der Waals surface area contributed by atoms with Gasteiger partial charge in [0.2, 0.25) is 5.78 Å². The second-order valence-corrected chi connectivity index (χ2v) is 8.44. The van der Waals surface area contributed by atoms with Gasteiger partial charge in [-0.1, -0.05) is 18.7 Å². The highest BCUT2D eigenvalue weighted by Crippen LogP contribution is 2.55. The van der Waals surface area contributed by atoms with Gasteiger partial charge in [-0.05, 0) is 31.3 Å². The summed E-state index contributed by atoms with van der Waals surface area (Å²) in [6.45, 7) is 3.91. The average Bonchev–Trinajstić information content (AvgIpc) is 2.70. The fraction of sp³-hybridized carbons (Fsp3) is 0.318. The Labute approximate surface area is 182 Å². The molecule has 0 saturated heterocycles. The van der Waals surface area contributed by atoms with E-state index in [-0.39, 0.29) is 22.4 Å². The van der Waals surface area contributed by atoms with Crippen molar-refractivity contribution < 1.29 is 39.9 Å². The van der Waals surface area contributed by atoms with E-state index < -0.39 is 69.7 Å². The molecule has 0 spiro atoms. The second-order valence-electron chi connectivity index (χ2n) is 8.44. The van der Waals surface area contributed by atoms with Crippen molar-refractivity contribution in [3.8, 4) is 5.75 Å². The maximum atomic E-state index is 13.6. The Bertz CT molecular complexity index is 1180. The lowest BCUT2D eigenvalue weighted by Crippen LogP contribution is -2.70. The molecule has 3 aliphatic carbocycles. The number of aliphatic hydroxyl groups is 4. The summed E-state index contributed by atoms with van der Waals surface area (Å²) in [5.41, 5.74) is 1.16. The number of ketones is 2. The number of amides is 1. The molecule has 0 bridgehead atoms. The summed E-state index contributed by atoms with van der Waals surface area (Å²) in [6.07, 6.45) is -1.69. The first-order valence-corrected chi connectivity index (χ1v) is 9.71. The normalized spacial score (nSPS) is 32.1. The number of carbonyl (C=O) groups is 3. The first kappa shape index (κ1) is 21.8. The van der Waals surface area contributed by atoms with Crippen LogP contribution in [0.15, 0.2) is 41.7 Å². The van der Waals surface area contributed by atoms with Crippen LogP contribution in [0.3, 0.4) is 0 Å². The fourth-order valence-electron chi connectivity index (χ4n) is 5.21. The van der Waals surface area contributed by atoms with Crippen LogP contribution in [-0.2, 0) is 14.4 Å². The number of fused-ring (bicyclic) bond motifs is 3. The van der Waals surface area contributed by atoms with E-state index in [1.807, 2.05) is 0 Å². The fourth-order valence-corrected chi connectivity index (χ4v) is 5.21. The zero-order valence-electron chi connectivity index (χ0n) is 17.2. The molecule has 10 heteroatoms. The van der Waals surface area contributed by atoms with Gasteiger partial charge in [0.15, 0.2) is 11.4 Å². The van der Waals surface area contributed by atoms with Crippen LogP contribution in [0.1, 0.15) is 11.1 Å². The van der Waals surface area contributed by atoms with Gasteiger partial charge in [0.05, 0.1) is 29.2 Å². The monoisotopic (exact) mass is 442 g/mol. The van der Waals surface area contributed by atoms with Crippen LogP contribution in [0.25, 0.3) is 11.3 Å². The predicted molar refractivity (Wildman–Crippen MR) is 111 cm³/mol. The second kappa shape index (κ2) is 6.76. The Morgan fingerprint density at radius 2 is 1.81 bits per heavy atom. The van der Waals surface area contributed by atoms with Crippen molar-refractivity contribution in [1.82, 2.24) is 4.90 Å². The van der Waals surface area contributed by atoms with Crippen molar-refractivity contribution in [2.24, 2.45) is 17.6 Å². The molecule has 5 atom stereocenters. The molecule has 1 aromatic carbocycles. The summed E-state index contributed by atoms with van der Waals surface area (Å²) >= 11 is 0. The van der Waals surface area contributed by atoms with Crippen molar-refractivity contribution in [2.45, 2.75) is 17.7 Å². The Morgan fingerprint density at radius 1 is 1.19 bits per heavy atom. The number of phenols is 1. The van der Waals surface area contributed by atoms with Crippen molar-refractivity contribution in [3.05, 3.63) is 52.8 Å². The molecule has 4 rings (SSSR count). The largest absolute Gasteiger partial charge is 0.508 e. The lowest BCUT2D eigenvalue weighted by molar-refractivity contribution is -0.166. The summed E-state index contributed by atoms with van der Waals surface area (Å²) in [4.78, 5) is 39.8. The number of likely N-dealkylation sites (N-methyl/N-ethyl adjacent to an activating group) is 1. The number of aliphatic hydroxyl groups excluding tert-OH is 3. The van der Waals surface area contributed by atoms with E-state index in [1.54, 1.807) is 0 Å². The maximum absolute atomic E-state index is 13.6. The highest BCUT2D eigenvalue weighted by Gasteiger charge is 2.68. The van der Waals surface area contributed by atoms with Crippen molar-refractivity contribution in [1.29, 1.82) is 0 Å². The minimum Gasteiger partial charge on any atom is -0.508 e. The molecular formula is C22H22N2O8. The quantitative estimate of drug-likeness (QED) is 0.326. The minimum absolute atomic E-state index is 0.124. The van der Waals surface area contributed by atoms with Gasteiger partial charge in [0.25, 0.3) is 5.91 Å². The summed E-state index contributed by atoms with van der Waals surface area (Å²) in [5, 5.41) is 54.7. The third-order valence-corrected chi connectivity index (χ3v) is 6.61. The van der Waals surface area contributed by atoms with E-state index >= 15 is 0 Å². The number of nitrogens with zero attached hydrogens (tertiary/aromatic N) is 1. The van der Waals surface area contributed by atoms with Gasteiger partial charge in [-0.15, -0.1) is 0 Å². The van der Waals surface area contributed by atoms with Gasteiger partial charge >= 0.3 is 0 Å². The van der Waals surface area contributed by atoms with Crippen LogP contribution in [-0.4, -0.2) is 79.7 Å². The predicted octanol–water partition coefficient (Wildman–Crippen LogP) is -0.594. The van der Waals surface area contributed by atoms with Gasteiger partial charge in [-0.3, -0.25) is 19.3 Å². The van der Waals surface area contributed by atoms with Crippen molar-refractivity contribution >= 4 is 28.8 Å². The molecule has 3 aliphatic rings. The number of phenolic OH excluding ortho intramolecular Hbond substituents is 1. The van der Waals surface area contributed by atoms with E-state index in [9.17, 15) is 39.9 Å². The molecular weight excluding hydrogens is 420 g/mol. The van der Waals surface area contributed by atoms with E-state index in [1.165, 1.54) is 37.2 Å². The number of benzene rings is 1. The molecule has 1 saturated carbocycles. The topological polar surface area (TPSA) is 182 Å². The summed E-state index contributed by atoms with van der Waals surface area (Å²) < 4.78 is 0. The lowest BCUT2D eigenvalue weighted by Gasteiger charge is -2.52. The van der Waals surface area contributed by atoms with Gasteiger partial charge < -0.3 is 31.3 Å². The number of Topliss-reactive ketones (excluding diaryl/α,β-unsaturated/α-hetero) is 2. The molecule has 168 valence electrons. The smallest absolute Gasteiger partial charge is 0.255 e. The first-order chi connectivity index (χ1) is 14.9. The molecule has 0 aliphatic heterocycles. The number of hydrogen-bond donors (Lipinski definition) is 6. The number of nitrogens with two attached hydrogens (primary N) is 1. The number of carbonyl (C=O) groups excluding carboxylic acids is 3. The molecule has 1 amide bonds. The lowest BCUT2D eigenvalue weighted by atomic mass is 9.55. The number of primary amides is 1. The van der Waals surface area contributed by atoms with Crippen LogP contribution in [0.2, 0.25) is 0 Å². The van der Waals surface area contributed by atoms with Crippen molar-refractivity contribution in [3.63, 3.8) is 0 Å². The highest BCUT2D eigenvalue weighted by atomic mass is 16.4.